The van der Waals surface area contributed by atoms with Gasteiger partial charge in [-0.05, 0) is 26.0 Å². The molecule has 0 radical (unpaired) electrons. The molecule has 1 heterocycles. The van der Waals surface area contributed by atoms with Crippen molar-refractivity contribution >= 4 is 11.9 Å². The number of ether oxygens (including phenoxy) is 1. The normalized spacial score (nSPS) is 11.8. The molecule has 0 bridgehead atoms. The van der Waals surface area contributed by atoms with E-state index in [1.807, 2.05) is 0 Å². The average molecular weight is 252 g/mol. The maximum absolute atomic E-state index is 11.6. The molecule has 1 amide bonds. The van der Waals surface area contributed by atoms with Crippen LogP contribution in [0.4, 0.5) is 0 Å². The van der Waals surface area contributed by atoms with Gasteiger partial charge in [0.05, 0.1) is 0 Å². The largest absolute Gasteiger partial charge is 0.478 e. The standard InChI is InChI=1S/C12H16N2O4/c1-7-5-6-9(10(13-7)12(16)17)18-8(2)11(15)14(3)4/h5-6,8H,1-4H3,(H,16,17). The fourth-order valence-electron chi connectivity index (χ4n) is 1.40. The quantitative estimate of drug-likeness (QED) is 0.862. The Morgan fingerprint density at radius 2 is 2.00 bits per heavy atom. The zero-order chi connectivity index (χ0) is 13.9. The summed E-state index contributed by atoms with van der Waals surface area (Å²) in [5.41, 5.74) is 0.389. The molecule has 18 heavy (non-hydrogen) atoms. The number of aromatic nitrogens is 1. The SMILES string of the molecule is Cc1ccc(OC(C)C(=O)N(C)C)c(C(=O)O)n1. The van der Waals surface area contributed by atoms with Gasteiger partial charge in [0, 0.05) is 19.8 Å². The number of carboxylic acids is 1. The average Bonchev–Trinajstić information content (AvgIpc) is 2.29. The van der Waals surface area contributed by atoms with Gasteiger partial charge in [0.1, 0.15) is 0 Å². The van der Waals surface area contributed by atoms with Crippen LogP contribution in [0.1, 0.15) is 23.1 Å². The Bertz CT molecular complexity index is 471. The molecule has 1 N–H and O–H groups in total. The first kappa shape index (κ1) is 14.0. The summed E-state index contributed by atoms with van der Waals surface area (Å²) < 4.78 is 5.35. The number of carboxylic acid groups (broad SMARTS) is 1. The molecule has 6 nitrogen and oxygen atoms in total. The summed E-state index contributed by atoms with van der Waals surface area (Å²) in [6.07, 6.45) is -0.761. The first-order valence-corrected chi connectivity index (χ1v) is 5.41. The van der Waals surface area contributed by atoms with Crippen molar-refractivity contribution in [1.82, 2.24) is 9.88 Å². The van der Waals surface area contributed by atoms with Gasteiger partial charge in [0.2, 0.25) is 0 Å². The van der Waals surface area contributed by atoms with Crippen LogP contribution in [0.15, 0.2) is 12.1 Å². The Kier molecular flexibility index (Phi) is 4.25. The number of hydrogen-bond acceptors (Lipinski definition) is 4. The number of pyridine rings is 1. The minimum atomic E-state index is -1.18. The van der Waals surface area contributed by atoms with Gasteiger partial charge in [0.15, 0.2) is 17.5 Å². The Labute approximate surface area is 105 Å². The van der Waals surface area contributed by atoms with Crippen LogP contribution in [0.5, 0.6) is 5.75 Å². The first-order valence-electron chi connectivity index (χ1n) is 5.41. The van der Waals surface area contributed by atoms with E-state index in [0.717, 1.165) is 0 Å². The molecule has 0 aliphatic carbocycles. The molecule has 0 spiro atoms. The number of amides is 1. The summed E-state index contributed by atoms with van der Waals surface area (Å²) in [6.45, 7) is 3.25. The van der Waals surface area contributed by atoms with Gasteiger partial charge in [-0.3, -0.25) is 4.79 Å². The van der Waals surface area contributed by atoms with Crippen LogP contribution in [0.2, 0.25) is 0 Å². The second-order valence-corrected chi connectivity index (χ2v) is 4.10. The lowest BCUT2D eigenvalue weighted by Crippen LogP contribution is -2.35. The maximum Gasteiger partial charge on any atom is 0.358 e. The number of hydrogen-bond donors (Lipinski definition) is 1. The Hall–Kier alpha value is -2.11. The van der Waals surface area contributed by atoms with E-state index in [2.05, 4.69) is 4.98 Å². The summed E-state index contributed by atoms with van der Waals surface area (Å²) in [6, 6.07) is 3.14. The minimum absolute atomic E-state index is 0.0933. The second kappa shape index (κ2) is 5.48. The molecule has 0 aromatic carbocycles. The lowest BCUT2D eigenvalue weighted by Gasteiger charge is -2.19. The van der Waals surface area contributed by atoms with Crippen LogP contribution in [-0.4, -0.2) is 47.1 Å². The van der Waals surface area contributed by atoms with Gasteiger partial charge < -0.3 is 14.7 Å². The number of likely N-dealkylation sites (N-methyl/N-ethyl adjacent to an activating group) is 1. The van der Waals surface area contributed by atoms with Crippen molar-refractivity contribution in [3.05, 3.63) is 23.5 Å². The smallest absolute Gasteiger partial charge is 0.358 e. The summed E-state index contributed by atoms with van der Waals surface area (Å²) in [5.74, 6) is -1.33. The van der Waals surface area contributed by atoms with Crippen molar-refractivity contribution in [3.8, 4) is 5.75 Å². The molecule has 0 aliphatic rings. The van der Waals surface area contributed by atoms with E-state index in [0.29, 0.717) is 5.69 Å². The van der Waals surface area contributed by atoms with Gasteiger partial charge in [-0.1, -0.05) is 0 Å². The highest BCUT2D eigenvalue weighted by molar-refractivity contribution is 5.89. The van der Waals surface area contributed by atoms with Crippen molar-refractivity contribution < 1.29 is 19.4 Å². The molecule has 6 heteroatoms. The van der Waals surface area contributed by atoms with E-state index in [1.54, 1.807) is 34.0 Å². The van der Waals surface area contributed by atoms with Crippen LogP contribution in [0, 0.1) is 6.92 Å². The monoisotopic (exact) mass is 252 g/mol. The molecule has 98 valence electrons. The summed E-state index contributed by atoms with van der Waals surface area (Å²) in [4.78, 5) is 27.9. The van der Waals surface area contributed by atoms with E-state index in [4.69, 9.17) is 9.84 Å². The summed E-state index contributed by atoms with van der Waals surface area (Å²) in [7, 11) is 3.21. The van der Waals surface area contributed by atoms with Crippen molar-refractivity contribution in [1.29, 1.82) is 0 Å². The molecule has 1 aromatic rings. The number of nitrogens with zero attached hydrogens (tertiary/aromatic N) is 2. The van der Waals surface area contributed by atoms with E-state index in [9.17, 15) is 9.59 Å². The van der Waals surface area contributed by atoms with Gasteiger partial charge in [-0.15, -0.1) is 0 Å². The lowest BCUT2D eigenvalue weighted by molar-refractivity contribution is -0.135. The van der Waals surface area contributed by atoms with E-state index in [-0.39, 0.29) is 17.4 Å². The molecule has 1 atom stereocenters. The highest BCUT2D eigenvalue weighted by Crippen LogP contribution is 2.18. The fourth-order valence-corrected chi connectivity index (χ4v) is 1.40. The van der Waals surface area contributed by atoms with Gasteiger partial charge >= 0.3 is 5.97 Å². The Morgan fingerprint density at radius 3 is 2.50 bits per heavy atom. The third-order valence-corrected chi connectivity index (χ3v) is 2.29. The fraction of sp³-hybridized carbons (Fsp3) is 0.417. The molecule has 0 saturated carbocycles. The van der Waals surface area contributed by atoms with Crippen molar-refractivity contribution in [2.75, 3.05) is 14.1 Å². The number of carbonyl (C=O) groups is 2. The van der Waals surface area contributed by atoms with Crippen molar-refractivity contribution in [2.45, 2.75) is 20.0 Å². The number of aromatic carboxylic acids is 1. The van der Waals surface area contributed by atoms with Crippen molar-refractivity contribution in [2.24, 2.45) is 0 Å². The molecular formula is C12H16N2O4. The van der Waals surface area contributed by atoms with E-state index < -0.39 is 12.1 Å². The number of carbonyl (C=O) groups excluding carboxylic acids is 1. The van der Waals surface area contributed by atoms with Crippen LogP contribution in [0.25, 0.3) is 0 Å². The van der Waals surface area contributed by atoms with Crippen LogP contribution >= 0.6 is 0 Å². The maximum atomic E-state index is 11.6. The molecular weight excluding hydrogens is 236 g/mol. The van der Waals surface area contributed by atoms with Crippen LogP contribution in [-0.2, 0) is 4.79 Å². The topological polar surface area (TPSA) is 79.7 Å². The lowest BCUT2D eigenvalue weighted by atomic mass is 10.2. The molecule has 1 aromatic heterocycles. The zero-order valence-electron chi connectivity index (χ0n) is 10.8. The highest BCUT2D eigenvalue weighted by Gasteiger charge is 2.20. The van der Waals surface area contributed by atoms with Gasteiger partial charge in [0.25, 0.3) is 5.91 Å². The summed E-state index contributed by atoms with van der Waals surface area (Å²) >= 11 is 0. The van der Waals surface area contributed by atoms with Gasteiger partial charge in [-0.25, -0.2) is 9.78 Å². The van der Waals surface area contributed by atoms with Crippen molar-refractivity contribution in [3.63, 3.8) is 0 Å². The van der Waals surface area contributed by atoms with E-state index >= 15 is 0 Å². The molecule has 1 rings (SSSR count). The predicted molar refractivity (Wildman–Crippen MR) is 64.7 cm³/mol. The molecule has 1 unspecified atom stereocenters. The Balaban J connectivity index is 2.97. The second-order valence-electron chi connectivity index (χ2n) is 4.10. The predicted octanol–water partition coefficient (Wildman–Crippen LogP) is 0.944. The molecule has 0 saturated heterocycles. The zero-order valence-corrected chi connectivity index (χ0v) is 10.8. The first-order chi connectivity index (χ1) is 8.32. The third kappa shape index (κ3) is 3.19. The Morgan fingerprint density at radius 1 is 1.39 bits per heavy atom. The van der Waals surface area contributed by atoms with Gasteiger partial charge in [-0.2, -0.15) is 0 Å². The number of aryl methyl sites for hydroxylation is 1. The minimum Gasteiger partial charge on any atom is -0.478 e. The number of rotatable bonds is 4. The highest BCUT2D eigenvalue weighted by atomic mass is 16.5. The molecule has 0 aliphatic heterocycles. The van der Waals surface area contributed by atoms with Crippen LogP contribution < -0.4 is 4.74 Å². The third-order valence-electron chi connectivity index (χ3n) is 2.29. The molecule has 0 fully saturated rings. The summed E-state index contributed by atoms with van der Waals surface area (Å²) in [5, 5.41) is 9.01. The van der Waals surface area contributed by atoms with E-state index in [1.165, 1.54) is 11.0 Å². The van der Waals surface area contributed by atoms with Crippen LogP contribution in [0.3, 0.4) is 0 Å².